The first kappa shape index (κ1) is 19.2. The van der Waals surface area contributed by atoms with Crippen molar-refractivity contribution in [3.8, 4) is 5.75 Å². The van der Waals surface area contributed by atoms with Crippen LogP contribution >= 0.6 is 12.4 Å². The number of hydrogen-bond acceptors (Lipinski definition) is 3. The van der Waals surface area contributed by atoms with Crippen LogP contribution in [0.5, 0.6) is 5.75 Å². The van der Waals surface area contributed by atoms with Gasteiger partial charge >= 0.3 is 0 Å². The smallest absolute Gasteiger partial charge is 0.228 e. The molecule has 1 unspecified atom stereocenters. The average molecular weight is 365 g/mol. The van der Waals surface area contributed by atoms with E-state index in [0.29, 0.717) is 11.4 Å². The molecule has 1 fully saturated rings. The molecule has 0 bridgehead atoms. The molecule has 0 saturated carbocycles. The quantitative estimate of drug-likeness (QED) is 0.849. The van der Waals surface area contributed by atoms with E-state index in [0.717, 1.165) is 31.5 Å². The first-order valence-electron chi connectivity index (χ1n) is 8.19. The summed E-state index contributed by atoms with van der Waals surface area (Å²) < 4.78 is 18.9. The number of anilines is 1. The lowest BCUT2D eigenvalue weighted by atomic mass is 9.99. The molecule has 6 heteroatoms. The van der Waals surface area contributed by atoms with Gasteiger partial charge in [-0.1, -0.05) is 18.2 Å². The highest BCUT2D eigenvalue weighted by molar-refractivity contribution is 5.92. The zero-order valence-electron chi connectivity index (χ0n) is 13.8. The second-order valence-electron chi connectivity index (χ2n) is 5.98. The molecule has 134 valence electrons. The Morgan fingerprint density at radius 1 is 1.24 bits per heavy atom. The topological polar surface area (TPSA) is 50.4 Å². The van der Waals surface area contributed by atoms with Crippen molar-refractivity contribution >= 4 is 24.0 Å². The van der Waals surface area contributed by atoms with Crippen molar-refractivity contribution in [1.29, 1.82) is 0 Å². The molecular formula is C19H22ClFN2O2. The van der Waals surface area contributed by atoms with Crippen molar-refractivity contribution in [1.82, 2.24) is 5.32 Å². The minimum atomic E-state index is -0.279. The Kier molecular flexibility index (Phi) is 7.22. The van der Waals surface area contributed by atoms with Gasteiger partial charge in [-0.15, -0.1) is 12.4 Å². The molecular weight excluding hydrogens is 343 g/mol. The van der Waals surface area contributed by atoms with Crippen molar-refractivity contribution in [3.05, 3.63) is 59.9 Å². The molecule has 0 radical (unpaired) electrons. The van der Waals surface area contributed by atoms with E-state index < -0.39 is 0 Å². The standard InChI is InChI=1S/C19H21FN2O2.ClH/c20-16-6-1-4-14(10-16)13-24-18-8-2-7-17(11-18)22-19(23)15-5-3-9-21-12-15;/h1-2,4,6-8,10-11,15,21H,3,5,9,12-13H2,(H,22,23);1H. The van der Waals surface area contributed by atoms with Crippen LogP contribution in [0.4, 0.5) is 10.1 Å². The maximum atomic E-state index is 13.2. The molecule has 2 N–H and O–H groups in total. The van der Waals surface area contributed by atoms with E-state index in [2.05, 4.69) is 10.6 Å². The summed E-state index contributed by atoms with van der Waals surface area (Å²) in [5.74, 6) is 0.400. The normalized spacial score (nSPS) is 16.6. The van der Waals surface area contributed by atoms with Gasteiger partial charge in [0, 0.05) is 18.3 Å². The van der Waals surface area contributed by atoms with Crippen molar-refractivity contribution in [2.45, 2.75) is 19.4 Å². The van der Waals surface area contributed by atoms with Gasteiger partial charge in [0.05, 0.1) is 5.92 Å². The third-order valence-electron chi connectivity index (χ3n) is 4.06. The van der Waals surface area contributed by atoms with Crippen LogP contribution in [0.3, 0.4) is 0 Å². The first-order chi connectivity index (χ1) is 11.7. The van der Waals surface area contributed by atoms with Gasteiger partial charge < -0.3 is 15.4 Å². The lowest BCUT2D eigenvalue weighted by Gasteiger charge is -2.22. The Morgan fingerprint density at radius 3 is 2.84 bits per heavy atom. The predicted molar refractivity (Wildman–Crippen MR) is 98.6 cm³/mol. The van der Waals surface area contributed by atoms with Crippen molar-refractivity contribution in [2.75, 3.05) is 18.4 Å². The van der Waals surface area contributed by atoms with Gasteiger partial charge in [0.2, 0.25) is 5.91 Å². The summed E-state index contributed by atoms with van der Waals surface area (Å²) in [5, 5.41) is 6.18. The zero-order valence-corrected chi connectivity index (χ0v) is 14.7. The van der Waals surface area contributed by atoms with Gasteiger partial charge in [0.15, 0.2) is 0 Å². The van der Waals surface area contributed by atoms with E-state index >= 15 is 0 Å². The van der Waals surface area contributed by atoms with Crippen LogP contribution in [-0.4, -0.2) is 19.0 Å². The molecule has 4 nitrogen and oxygen atoms in total. The molecule has 1 aliphatic heterocycles. The Morgan fingerprint density at radius 2 is 2.08 bits per heavy atom. The van der Waals surface area contributed by atoms with Crippen LogP contribution < -0.4 is 15.4 Å². The lowest BCUT2D eigenvalue weighted by molar-refractivity contribution is -0.120. The van der Waals surface area contributed by atoms with Gasteiger partial charge in [0.25, 0.3) is 0 Å². The van der Waals surface area contributed by atoms with Crippen LogP contribution in [0.2, 0.25) is 0 Å². The summed E-state index contributed by atoms with van der Waals surface area (Å²) >= 11 is 0. The fourth-order valence-electron chi connectivity index (χ4n) is 2.78. The molecule has 0 aliphatic carbocycles. The lowest BCUT2D eigenvalue weighted by Crippen LogP contribution is -2.37. The second kappa shape index (κ2) is 9.39. The fourth-order valence-corrected chi connectivity index (χ4v) is 2.78. The molecule has 25 heavy (non-hydrogen) atoms. The monoisotopic (exact) mass is 364 g/mol. The van der Waals surface area contributed by atoms with Gasteiger partial charge in [-0.25, -0.2) is 4.39 Å². The summed E-state index contributed by atoms with van der Waals surface area (Å²) in [6.07, 6.45) is 1.93. The average Bonchev–Trinajstić information content (AvgIpc) is 2.61. The van der Waals surface area contributed by atoms with Crippen molar-refractivity contribution in [2.24, 2.45) is 5.92 Å². The van der Waals surface area contributed by atoms with Gasteiger partial charge in [-0.3, -0.25) is 4.79 Å². The Labute approximate surface area is 153 Å². The number of carbonyl (C=O) groups is 1. The zero-order chi connectivity index (χ0) is 16.8. The fraction of sp³-hybridized carbons (Fsp3) is 0.316. The minimum absolute atomic E-state index is 0. The van der Waals surface area contributed by atoms with Crippen LogP contribution in [0.1, 0.15) is 18.4 Å². The Bertz CT molecular complexity index is 705. The first-order valence-corrected chi connectivity index (χ1v) is 8.19. The minimum Gasteiger partial charge on any atom is -0.489 e. The SMILES string of the molecule is Cl.O=C(Nc1cccc(OCc2cccc(F)c2)c1)C1CCCNC1. The van der Waals surface area contributed by atoms with Crippen molar-refractivity contribution in [3.63, 3.8) is 0 Å². The highest BCUT2D eigenvalue weighted by Gasteiger charge is 2.20. The predicted octanol–water partition coefficient (Wildman–Crippen LogP) is 3.76. The summed E-state index contributed by atoms with van der Waals surface area (Å²) in [6, 6.07) is 13.6. The maximum Gasteiger partial charge on any atom is 0.228 e. The summed E-state index contributed by atoms with van der Waals surface area (Å²) in [6.45, 7) is 1.98. The van der Waals surface area contributed by atoms with E-state index in [-0.39, 0.29) is 36.7 Å². The van der Waals surface area contributed by atoms with Gasteiger partial charge in [-0.2, -0.15) is 0 Å². The van der Waals surface area contributed by atoms with Gasteiger partial charge in [-0.05, 0) is 49.2 Å². The molecule has 0 spiro atoms. The number of piperidine rings is 1. The van der Waals surface area contributed by atoms with E-state index in [1.165, 1.54) is 12.1 Å². The Balaban J connectivity index is 0.00000225. The van der Waals surface area contributed by atoms with Gasteiger partial charge in [0.1, 0.15) is 18.2 Å². The number of hydrogen-bond donors (Lipinski definition) is 2. The van der Waals surface area contributed by atoms with Crippen LogP contribution in [-0.2, 0) is 11.4 Å². The molecule has 2 aromatic carbocycles. The number of ether oxygens (including phenoxy) is 1. The van der Waals surface area contributed by atoms with E-state index in [9.17, 15) is 9.18 Å². The third-order valence-corrected chi connectivity index (χ3v) is 4.06. The van der Waals surface area contributed by atoms with E-state index in [1.54, 1.807) is 12.1 Å². The van der Waals surface area contributed by atoms with E-state index in [1.807, 2.05) is 24.3 Å². The third kappa shape index (κ3) is 5.73. The molecule has 2 aromatic rings. The van der Waals surface area contributed by atoms with Crippen LogP contribution in [0.15, 0.2) is 48.5 Å². The summed E-state index contributed by atoms with van der Waals surface area (Å²) in [5.41, 5.74) is 1.47. The molecule has 1 atom stereocenters. The maximum absolute atomic E-state index is 13.2. The number of halogens is 2. The molecule has 1 saturated heterocycles. The number of nitrogens with one attached hydrogen (secondary N) is 2. The van der Waals surface area contributed by atoms with Crippen LogP contribution in [0.25, 0.3) is 0 Å². The highest BCUT2D eigenvalue weighted by atomic mass is 35.5. The van der Waals surface area contributed by atoms with E-state index in [4.69, 9.17) is 4.74 Å². The Hall–Kier alpha value is -2.11. The highest BCUT2D eigenvalue weighted by Crippen LogP contribution is 2.20. The molecule has 1 heterocycles. The second-order valence-corrected chi connectivity index (χ2v) is 5.98. The number of rotatable bonds is 5. The van der Waals surface area contributed by atoms with Crippen molar-refractivity contribution < 1.29 is 13.9 Å². The molecule has 3 rings (SSSR count). The largest absolute Gasteiger partial charge is 0.489 e. The number of carbonyl (C=O) groups excluding carboxylic acids is 1. The van der Waals surface area contributed by atoms with Crippen LogP contribution in [0, 0.1) is 11.7 Å². The number of amides is 1. The number of benzene rings is 2. The summed E-state index contributed by atoms with van der Waals surface area (Å²) in [4.78, 5) is 12.3. The molecule has 0 aromatic heterocycles. The summed E-state index contributed by atoms with van der Waals surface area (Å²) in [7, 11) is 0. The molecule has 1 amide bonds. The molecule has 1 aliphatic rings.